The van der Waals surface area contributed by atoms with Crippen LogP contribution in [0, 0.1) is 6.92 Å². The maximum Gasteiger partial charge on any atom is 0.407 e. The van der Waals surface area contributed by atoms with Gasteiger partial charge in [0, 0.05) is 17.8 Å². The van der Waals surface area contributed by atoms with E-state index < -0.39 is 0 Å². The normalized spacial score (nSPS) is 10.5. The second-order valence-electron chi connectivity index (χ2n) is 4.91. The van der Waals surface area contributed by atoms with E-state index in [-0.39, 0.29) is 6.09 Å². The van der Waals surface area contributed by atoms with Crippen molar-refractivity contribution < 1.29 is 9.53 Å². The van der Waals surface area contributed by atoms with Gasteiger partial charge in [-0.1, -0.05) is 17.7 Å². The first-order chi connectivity index (χ1) is 10.6. The minimum atomic E-state index is -0.367. The smallest absolute Gasteiger partial charge is 0.407 e. The van der Waals surface area contributed by atoms with Crippen LogP contribution in [0.1, 0.15) is 24.6 Å². The molecule has 1 amide bonds. The Kier molecular flexibility index (Phi) is 5.83. The first-order valence-electron chi connectivity index (χ1n) is 7.32. The molecule has 0 aliphatic rings. The van der Waals surface area contributed by atoms with Gasteiger partial charge in [-0.3, -0.25) is 0 Å². The van der Waals surface area contributed by atoms with Crippen LogP contribution in [-0.2, 0) is 11.2 Å². The van der Waals surface area contributed by atoms with E-state index in [1.807, 2.05) is 42.1 Å². The number of hydrogen-bond donors (Lipinski definition) is 1. The predicted octanol–water partition coefficient (Wildman–Crippen LogP) is 3.51. The van der Waals surface area contributed by atoms with Gasteiger partial charge >= 0.3 is 6.09 Å². The highest BCUT2D eigenvalue weighted by Crippen LogP contribution is 2.17. The van der Waals surface area contributed by atoms with Gasteiger partial charge in [0.25, 0.3) is 0 Å². The van der Waals surface area contributed by atoms with Crippen molar-refractivity contribution in [3.8, 4) is 5.69 Å². The lowest BCUT2D eigenvalue weighted by molar-refractivity contribution is 0.152. The van der Waals surface area contributed by atoms with E-state index in [9.17, 15) is 4.79 Å². The number of rotatable bonds is 6. The Labute approximate surface area is 135 Å². The number of aryl methyl sites for hydroxylation is 2. The van der Waals surface area contributed by atoms with E-state index >= 15 is 0 Å². The molecule has 1 aromatic carbocycles. The number of aromatic nitrogens is 2. The molecule has 0 radical (unpaired) electrons. The van der Waals surface area contributed by atoms with Crippen molar-refractivity contribution in [3.05, 3.63) is 46.7 Å². The number of hydrogen-bond acceptors (Lipinski definition) is 3. The number of carbonyl (C=O) groups is 1. The van der Waals surface area contributed by atoms with Crippen LogP contribution in [0.2, 0.25) is 5.02 Å². The number of ether oxygens (including phenoxy) is 1. The van der Waals surface area contributed by atoms with Gasteiger partial charge in [0.2, 0.25) is 0 Å². The number of carbonyl (C=O) groups excluding carboxylic acids is 1. The summed E-state index contributed by atoms with van der Waals surface area (Å²) in [7, 11) is 0. The molecule has 0 bridgehead atoms. The average molecular weight is 322 g/mol. The third-order valence-corrected chi connectivity index (χ3v) is 3.48. The third-order valence-electron chi connectivity index (χ3n) is 3.24. The molecular formula is C16H20ClN3O2. The monoisotopic (exact) mass is 321 g/mol. The highest BCUT2D eigenvalue weighted by Gasteiger charge is 2.07. The Balaban J connectivity index is 1.92. The summed E-state index contributed by atoms with van der Waals surface area (Å²) in [5.41, 5.74) is 3.08. The second kappa shape index (κ2) is 7.84. The largest absolute Gasteiger partial charge is 0.450 e. The molecule has 2 rings (SSSR count). The van der Waals surface area contributed by atoms with E-state index in [1.54, 1.807) is 6.92 Å². The highest BCUT2D eigenvalue weighted by atomic mass is 35.5. The third kappa shape index (κ3) is 4.49. The summed E-state index contributed by atoms with van der Waals surface area (Å²) in [6.45, 7) is 4.74. The first-order valence-corrected chi connectivity index (χ1v) is 7.69. The molecule has 0 aliphatic heterocycles. The molecule has 0 spiro atoms. The molecule has 0 unspecified atom stereocenters. The molecule has 118 valence electrons. The summed E-state index contributed by atoms with van der Waals surface area (Å²) in [6.07, 6.45) is 3.32. The lowest BCUT2D eigenvalue weighted by atomic mass is 10.1. The van der Waals surface area contributed by atoms with Crippen LogP contribution >= 0.6 is 11.6 Å². The number of nitrogens with one attached hydrogen (secondary N) is 1. The van der Waals surface area contributed by atoms with Crippen LogP contribution in [0.4, 0.5) is 4.79 Å². The topological polar surface area (TPSA) is 56.1 Å². The lowest BCUT2D eigenvalue weighted by Gasteiger charge is -2.04. The molecule has 6 heteroatoms. The van der Waals surface area contributed by atoms with Gasteiger partial charge in [-0.15, -0.1) is 0 Å². The highest BCUT2D eigenvalue weighted by molar-refractivity contribution is 6.30. The number of alkyl carbamates (subject to hydrolysis) is 1. The van der Waals surface area contributed by atoms with Gasteiger partial charge in [-0.2, -0.15) is 5.10 Å². The molecule has 2 aromatic rings. The average Bonchev–Trinajstić information content (AvgIpc) is 2.85. The van der Waals surface area contributed by atoms with Crippen molar-refractivity contribution in [2.45, 2.75) is 26.7 Å². The minimum Gasteiger partial charge on any atom is -0.450 e. The summed E-state index contributed by atoms with van der Waals surface area (Å²) in [5, 5.41) is 7.91. The van der Waals surface area contributed by atoms with E-state index in [0.29, 0.717) is 18.2 Å². The Bertz CT molecular complexity index is 640. The molecule has 0 saturated heterocycles. The molecular weight excluding hydrogens is 302 g/mol. The van der Waals surface area contributed by atoms with Crippen LogP contribution in [0.15, 0.2) is 30.5 Å². The molecule has 0 saturated carbocycles. The summed E-state index contributed by atoms with van der Waals surface area (Å²) >= 11 is 6.01. The Morgan fingerprint density at radius 3 is 3.00 bits per heavy atom. The van der Waals surface area contributed by atoms with Crippen molar-refractivity contribution >= 4 is 17.7 Å². The zero-order chi connectivity index (χ0) is 15.9. The van der Waals surface area contributed by atoms with E-state index in [0.717, 1.165) is 29.8 Å². The van der Waals surface area contributed by atoms with Crippen molar-refractivity contribution in [2.24, 2.45) is 0 Å². The summed E-state index contributed by atoms with van der Waals surface area (Å²) in [4.78, 5) is 11.2. The van der Waals surface area contributed by atoms with Crippen molar-refractivity contribution in [1.29, 1.82) is 0 Å². The molecule has 1 heterocycles. The summed E-state index contributed by atoms with van der Waals surface area (Å²) < 4.78 is 6.64. The molecule has 1 aromatic heterocycles. The molecule has 22 heavy (non-hydrogen) atoms. The molecule has 0 atom stereocenters. The van der Waals surface area contributed by atoms with Crippen LogP contribution in [0.25, 0.3) is 5.69 Å². The Morgan fingerprint density at radius 1 is 1.45 bits per heavy atom. The van der Waals surface area contributed by atoms with E-state index in [4.69, 9.17) is 16.3 Å². The van der Waals surface area contributed by atoms with Crippen LogP contribution < -0.4 is 5.32 Å². The van der Waals surface area contributed by atoms with E-state index in [1.165, 1.54) is 0 Å². The molecule has 5 nitrogen and oxygen atoms in total. The molecule has 0 fully saturated rings. The zero-order valence-corrected chi connectivity index (χ0v) is 13.6. The van der Waals surface area contributed by atoms with E-state index in [2.05, 4.69) is 10.4 Å². The lowest BCUT2D eigenvalue weighted by Crippen LogP contribution is -2.25. The van der Waals surface area contributed by atoms with Gasteiger partial charge in [-0.05, 0) is 50.5 Å². The molecule has 0 aliphatic carbocycles. The van der Waals surface area contributed by atoms with Gasteiger partial charge in [0.1, 0.15) is 0 Å². The number of benzene rings is 1. The zero-order valence-electron chi connectivity index (χ0n) is 12.8. The van der Waals surface area contributed by atoms with Crippen molar-refractivity contribution in [1.82, 2.24) is 15.1 Å². The predicted molar refractivity (Wildman–Crippen MR) is 86.7 cm³/mol. The summed E-state index contributed by atoms with van der Waals surface area (Å²) in [6, 6.07) is 7.57. The van der Waals surface area contributed by atoms with Crippen molar-refractivity contribution in [3.63, 3.8) is 0 Å². The van der Waals surface area contributed by atoms with Crippen LogP contribution in [0.5, 0.6) is 0 Å². The number of halogens is 1. The van der Waals surface area contributed by atoms with Gasteiger partial charge < -0.3 is 10.1 Å². The van der Waals surface area contributed by atoms with Gasteiger partial charge in [0.05, 0.1) is 18.0 Å². The Morgan fingerprint density at radius 2 is 2.27 bits per heavy atom. The number of nitrogens with zero attached hydrogens (tertiary/aromatic N) is 2. The fourth-order valence-electron chi connectivity index (χ4n) is 2.14. The fraction of sp³-hybridized carbons (Fsp3) is 0.375. The minimum absolute atomic E-state index is 0.367. The standard InChI is InChI=1S/C16H20ClN3O2/c1-3-22-16(21)18-9-5-6-13-11-20(19-12(13)2)15-8-4-7-14(17)10-15/h4,7-8,10-11H,3,5-6,9H2,1-2H3,(H,18,21). The SMILES string of the molecule is CCOC(=O)NCCCc1cn(-c2cccc(Cl)c2)nc1C. The maximum atomic E-state index is 11.2. The summed E-state index contributed by atoms with van der Waals surface area (Å²) in [5.74, 6) is 0. The Hall–Kier alpha value is -2.01. The quantitative estimate of drug-likeness (QED) is 0.828. The number of amides is 1. The van der Waals surface area contributed by atoms with Crippen LogP contribution in [0.3, 0.4) is 0 Å². The van der Waals surface area contributed by atoms with Gasteiger partial charge in [0.15, 0.2) is 0 Å². The van der Waals surface area contributed by atoms with Crippen LogP contribution in [-0.4, -0.2) is 29.0 Å². The first kappa shape index (κ1) is 16.4. The van der Waals surface area contributed by atoms with Crippen molar-refractivity contribution in [2.75, 3.05) is 13.2 Å². The second-order valence-corrected chi connectivity index (χ2v) is 5.35. The fourth-order valence-corrected chi connectivity index (χ4v) is 2.33. The molecule has 1 N–H and O–H groups in total. The maximum absolute atomic E-state index is 11.2. The van der Waals surface area contributed by atoms with Gasteiger partial charge in [-0.25, -0.2) is 9.48 Å².